The van der Waals surface area contributed by atoms with Crippen molar-refractivity contribution in [3.05, 3.63) is 59.4 Å². The summed E-state index contributed by atoms with van der Waals surface area (Å²) in [5, 5.41) is 0. The molecule has 114 valence electrons. The smallest absolute Gasteiger partial charge is 0.227 e. The van der Waals surface area contributed by atoms with Gasteiger partial charge in [0, 0.05) is 30.9 Å². The van der Waals surface area contributed by atoms with Crippen molar-refractivity contribution in [3.63, 3.8) is 0 Å². The normalized spacial score (nSPS) is 17.7. The largest absolute Gasteiger partial charge is 0.342 e. The summed E-state index contributed by atoms with van der Waals surface area (Å²) in [6.07, 6.45) is 2.96. The second-order valence-corrected chi connectivity index (χ2v) is 5.68. The molecule has 0 unspecified atom stereocenters. The molecule has 1 aromatic carbocycles. The lowest BCUT2D eigenvalue weighted by atomic mass is 10.1. The summed E-state index contributed by atoms with van der Waals surface area (Å²) < 4.78 is 12.9. The molecule has 0 aliphatic carbocycles. The second kappa shape index (κ2) is 6.22. The van der Waals surface area contributed by atoms with Crippen LogP contribution in [0.25, 0.3) is 0 Å². The van der Waals surface area contributed by atoms with Crippen molar-refractivity contribution >= 4 is 5.91 Å². The van der Waals surface area contributed by atoms with Crippen LogP contribution >= 0.6 is 0 Å². The van der Waals surface area contributed by atoms with Crippen molar-refractivity contribution < 1.29 is 9.18 Å². The zero-order valence-corrected chi connectivity index (χ0v) is 12.5. The van der Waals surface area contributed by atoms with Gasteiger partial charge in [-0.15, -0.1) is 0 Å². The lowest BCUT2D eigenvalue weighted by Gasteiger charge is -2.16. The third kappa shape index (κ3) is 3.30. The first-order valence-electron chi connectivity index (χ1n) is 7.43. The molecule has 1 amide bonds. The molecule has 0 radical (unpaired) electrons. The average molecular weight is 299 g/mol. The molecule has 0 saturated carbocycles. The predicted molar refractivity (Wildman–Crippen MR) is 80.8 cm³/mol. The van der Waals surface area contributed by atoms with E-state index in [1.807, 2.05) is 17.9 Å². The molecule has 1 saturated heterocycles. The molecule has 1 aliphatic heterocycles. The molecule has 0 bridgehead atoms. The molecule has 2 aromatic rings. The zero-order chi connectivity index (χ0) is 15.5. The number of benzene rings is 1. The lowest BCUT2D eigenvalue weighted by molar-refractivity contribution is -0.129. The number of halogens is 1. The number of likely N-dealkylation sites (tertiary alicyclic amines) is 1. The Bertz CT molecular complexity index is 672. The molecule has 1 aliphatic rings. The number of aryl methyl sites for hydroxylation is 1. The highest BCUT2D eigenvalue weighted by atomic mass is 19.1. The Morgan fingerprint density at radius 1 is 1.32 bits per heavy atom. The minimum atomic E-state index is -0.283. The van der Waals surface area contributed by atoms with Gasteiger partial charge in [0.1, 0.15) is 11.6 Å². The fraction of sp³-hybridized carbons (Fsp3) is 0.353. The zero-order valence-electron chi connectivity index (χ0n) is 12.5. The summed E-state index contributed by atoms with van der Waals surface area (Å²) in [5.74, 6) is 0.810. The number of rotatable bonds is 3. The third-order valence-corrected chi connectivity index (χ3v) is 3.99. The number of aromatic nitrogens is 2. The number of hydrogen-bond donors (Lipinski definition) is 0. The average Bonchev–Trinajstić information content (AvgIpc) is 3.00. The SMILES string of the molecule is Cc1ccnc([C@@H]2CCN(C(=O)Cc3ccc(F)cc3)C2)n1. The standard InChI is InChI=1S/C17H18FN3O/c1-12-6-8-19-17(20-12)14-7-9-21(11-14)16(22)10-13-2-4-15(18)5-3-13/h2-6,8,14H,7,9-11H2,1H3/t14-/m1/s1. The quantitative estimate of drug-likeness (QED) is 0.874. The monoisotopic (exact) mass is 299 g/mol. The first kappa shape index (κ1) is 14.6. The van der Waals surface area contributed by atoms with Crippen LogP contribution in [-0.4, -0.2) is 33.9 Å². The van der Waals surface area contributed by atoms with Gasteiger partial charge in [-0.3, -0.25) is 4.79 Å². The van der Waals surface area contributed by atoms with Gasteiger partial charge >= 0.3 is 0 Å². The van der Waals surface area contributed by atoms with Gasteiger partial charge in [0.2, 0.25) is 5.91 Å². The van der Waals surface area contributed by atoms with Gasteiger partial charge in [0.15, 0.2) is 0 Å². The topological polar surface area (TPSA) is 46.1 Å². The first-order valence-corrected chi connectivity index (χ1v) is 7.43. The van der Waals surface area contributed by atoms with Gasteiger partial charge in [0.05, 0.1) is 6.42 Å². The van der Waals surface area contributed by atoms with Crippen LogP contribution in [0.5, 0.6) is 0 Å². The molecule has 22 heavy (non-hydrogen) atoms. The van der Waals surface area contributed by atoms with Gasteiger partial charge in [-0.05, 0) is 37.1 Å². The van der Waals surface area contributed by atoms with Crippen LogP contribution in [0.1, 0.15) is 29.4 Å². The Morgan fingerprint density at radius 3 is 2.82 bits per heavy atom. The Labute approximate surface area is 129 Å². The maximum Gasteiger partial charge on any atom is 0.227 e. The molecule has 0 spiro atoms. The van der Waals surface area contributed by atoms with E-state index in [2.05, 4.69) is 9.97 Å². The van der Waals surface area contributed by atoms with E-state index in [0.29, 0.717) is 13.0 Å². The highest BCUT2D eigenvalue weighted by molar-refractivity contribution is 5.79. The molecule has 4 nitrogen and oxygen atoms in total. The highest BCUT2D eigenvalue weighted by Gasteiger charge is 2.28. The Kier molecular flexibility index (Phi) is 4.13. The van der Waals surface area contributed by atoms with E-state index >= 15 is 0 Å². The van der Waals surface area contributed by atoms with Crippen molar-refractivity contribution in [2.45, 2.75) is 25.7 Å². The van der Waals surface area contributed by atoms with E-state index < -0.39 is 0 Å². The molecule has 5 heteroatoms. The molecule has 0 N–H and O–H groups in total. The second-order valence-electron chi connectivity index (χ2n) is 5.68. The Balaban J connectivity index is 1.62. The molecule has 1 atom stereocenters. The fourth-order valence-electron chi connectivity index (χ4n) is 2.75. The van der Waals surface area contributed by atoms with Crippen molar-refractivity contribution in [3.8, 4) is 0 Å². The van der Waals surface area contributed by atoms with E-state index in [4.69, 9.17) is 0 Å². The minimum Gasteiger partial charge on any atom is -0.342 e. The first-order chi connectivity index (χ1) is 10.6. The van der Waals surface area contributed by atoms with E-state index in [9.17, 15) is 9.18 Å². The third-order valence-electron chi connectivity index (χ3n) is 3.99. The highest BCUT2D eigenvalue weighted by Crippen LogP contribution is 2.25. The molecule has 2 heterocycles. The van der Waals surface area contributed by atoms with Crippen molar-refractivity contribution in [2.75, 3.05) is 13.1 Å². The molecular weight excluding hydrogens is 281 g/mol. The van der Waals surface area contributed by atoms with Gasteiger partial charge in [-0.1, -0.05) is 12.1 Å². The maximum absolute atomic E-state index is 12.9. The summed E-state index contributed by atoms with van der Waals surface area (Å²) in [4.78, 5) is 23.0. The van der Waals surface area contributed by atoms with Crippen LogP contribution in [0.15, 0.2) is 36.5 Å². The van der Waals surface area contributed by atoms with Gasteiger partial charge < -0.3 is 4.90 Å². The maximum atomic E-state index is 12.9. The van der Waals surface area contributed by atoms with Crippen molar-refractivity contribution in [2.24, 2.45) is 0 Å². The van der Waals surface area contributed by atoms with E-state index in [1.54, 1.807) is 18.3 Å². The van der Waals surface area contributed by atoms with Crippen molar-refractivity contribution in [1.29, 1.82) is 0 Å². The number of nitrogens with zero attached hydrogens (tertiary/aromatic N) is 3. The van der Waals surface area contributed by atoms with Gasteiger partial charge in [-0.25, -0.2) is 14.4 Å². The number of amides is 1. The fourth-order valence-corrected chi connectivity index (χ4v) is 2.75. The van der Waals surface area contributed by atoms with Crippen LogP contribution in [0.2, 0.25) is 0 Å². The summed E-state index contributed by atoms with van der Waals surface area (Å²) >= 11 is 0. The molecule has 3 rings (SSSR count). The number of hydrogen-bond acceptors (Lipinski definition) is 3. The summed E-state index contributed by atoms with van der Waals surface area (Å²) in [5.41, 5.74) is 1.78. The van der Waals surface area contributed by atoms with Crippen LogP contribution in [0.4, 0.5) is 4.39 Å². The Hall–Kier alpha value is -2.30. The van der Waals surface area contributed by atoms with Crippen LogP contribution in [0.3, 0.4) is 0 Å². The van der Waals surface area contributed by atoms with E-state index in [0.717, 1.165) is 30.0 Å². The van der Waals surface area contributed by atoms with Gasteiger partial charge in [0.25, 0.3) is 0 Å². The van der Waals surface area contributed by atoms with Crippen molar-refractivity contribution in [1.82, 2.24) is 14.9 Å². The van der Waals surface area contributed by atoms with Crippen LogP contribution in [-0.2, 0) is 11.2 Å². The molecular formula is C17H18FN3O. The Morgan fingerprint density at radius 2 is 2.09 bits per heavy atom. The molecule has 1 aromatic heterocycles. The molecule has 1 fully saturated rings. The van der Waals surface area contributed by atoms with Crippen LogP contribution < -0.4 is 0 Å². The lowest BCUT2D eigenvalue weighted by Crippen LogP contribution is -2.30. The number of carbonyl (C=O) groups excluding carboxylic acids is 1. The number of carbonyl (C=O) groups is 1. The van der Waals surface area contributed by atoms with Crippen LogP contribution in [0, 0.1) is 12.7 Å². The van der Waals surface area contributed by atoms with E-state index in [1.165, 1.54) is 12.1 Å². The van der Waals surface area contributed by atoms with Gasteiger partial charge in [-0.2, -0.15) is 0 Å². The summed E-state index contributed by atoms with van der Waals surface area (Å²) in [6, 6.07) is 7.96. The van der Waals surface area contributed by atoms with E-state index in [-0.39, 0.29) is 17.6 Å². The predicted octanol–water partition coefficient (Wildman–Crippen LogP) is 2.48. The summed E-state index contributed by atoms with van der Waals surface area (Å²) in [7, 11) is 0. The summed E-state index contributed by atoms with van der Waals surface area (Å²) in [6.45, 7) is 3.32. The minimum absolute atomic E-state index is 0.0711.